The maximum Gasteiger partial charge on any atom is 0.264 e. The Kier molecular flexibility index (Phi) is 4.84. The lowest BCUT2D eigenvalue weighted by molar-refractivity contribution is -0.118. The Morgan fingerprint density at radius 3 is 2.50 bits per heavy atom. The minimum atomic E-state index is -0.597. The molecule has 1 heterocycles. The van der Waals surface area contributed by atoms with Crippen LogP contribution in [0, 0.1) is 0 Å². The first-order valence-corrected chi connectivity index (χ1v) is 7.06. The van der Waals surface area contributed by atoms with Crippen LogP contribution in [-0.4, -0.2) is 29.2 Å². The maximum absolute atomic E-state index is 11.7. The van der Waals surface area contributed by atoms with Gasteiger partial charge in [0.1, 0.15) is 10.6 Å². The van der Waals surface area contributed by atoms with Crippen LogP contribution in [0.5, 0.6) is 5.75 Å². The number of amides is 2. The molecule has 0 aliphatic carbocycles. The summed E-state index contributed by atoms with van der Waals surface area (Å²) in [7, 11) is 0. The quantitative estimate of drug-likeness (QED) is 0.783. The Balaban J connectivity index is 1.86. The number of primary amides is 1. The molecule has 0 bridgehead atoms. The summed E-state index contributed by atoms with van der Waals surface area (Å²) in [4.78, 5) is 37.9. The number of anilines is 1. The smallest absolute Gasteiger partial charge is 0.264 e. The second kappa shape index (κ2) is 6.81. The molecule has 1 aromatic heterocycles. The van der Waals surface area contributed by atoms with Crippen LogP contribution in [0.15, 0.2) is 30.5 Å². The second-order valence-corrected chi connectivity index (χ2v) is 5.34. The fourth-order valence-corrected chi connectivity index (χ4v) is 2.22. The third kappa shape index (κ3) is 4.13. The highest BCUT2D eigenvalue weighted by Crippen LogP contribution is 2.17. The number of hydrogen-bond acceptors (Lipinski definition) is 6. The number of hydrogen-bond donors (Lipinski definition) is 2. The Bertz CT molecular complexity index is 709. The first-order valence-electron chi connectivity index (χ1n) is 6.25. The average Bonchev–Trinajstić information content (AvgIpc) is 2.94. The topological polar surface area (TPSA) is 111 Å². The van der Waals surface area contributed by atoms with Crippen molar-refractivity contribution < 1.29 is 19.1 Å². The molecule has 8 heteroatoms. The normalized spacial score (nSPS) is 10.0. The van der Waals surface area contributed by atoms with Crippen molar-refractivity contribution in [2.75, 3.05) is 11.9 Å². The summed E-state index contributed by atoms with van der Waals surface area (Å²) < 4.78 is 5.29. The first kappa shape index (κ1) is 15.6. The van der Waals surface area contributed by atoms with Gasteiger partial charge < -0.3 is 10.5 Å². The molecule has 0 spiro atoms. The lowest BCUT2D eigenvalue weighted by Crippen LogP contribution is -2.20. The number of nitrogens with two attached hydrogens (primary N) is 1. The molecule has 0 aliphatic heterocycles. The summed E-state index contributed by atoms with van der Waals surface area (Å²) in [5.41, 5.74) is 5.66. The minimum absolute atomic E-state index is 0.0432. The highest BCUT2D eigenvalue weighted by atomic mass is 32.1. The molecular formula is C14H13N3O4S. The average molecular weight is 319 g/mol. The van der Waals surface area contributed by atoms with Gasteiger partial charge in [0.15, 0.2) is 17.5 Å². The third-order valence-corrected chi connectivity index (χ3v) is 3.55. The van der Waals surface area contributed by atoms with Crippen LogP contribution in [0.2, 0.25) is 0 Å². The zero-order valence-electron chi connectivity index (χ0n) is 11.7. The molecular weight excluding hydrogens is 306 g/mol. The number of aromatic nitrogens is 1. The van der Waals surface area contributed by atoms with Crippen molar-refractivity contribution in [1.29, 1.82) is 0 Å². The SMILES string of the molecule is CC(=O)c1ccc(OCC(=O)Nc2ncc(C(N)=O)s2)cc1. The van der Waals surface area contributed by atoms with Crippen LogP contribution in [0.1, 0.15) is 27.0 Å². The molecule has 7 nitrogen and oxygen atoms in total. The molecule has 0 radical (unpaired) electrons. The lowest BCUT2D eigenvalue weighted by atomic mass is 10.1. The summed E-state index contributed by atoms with van der Waals surface area (Å²) in [5.74, 6) is -0.587. The van der Waals surface area contributed by atoms with Crippen molar-refractivity contribution >= 4 is 34.1 Å². The van der Waals surface area contributed by atoms with E-state index in [0.29, 0.717) is 11.3 Å². The summed E-state index contributed by atoms with van der Waals surface area (Å²) in [6.07, 6.45) is 1.30. The summed E-state index contributed by atoms with van der Waals surface area (Å²) in [5, 5.41) is 2.77. The number of carbonyl (C=O) groups excluding carboxylic acids is 3. The number of benzene rings is 1. The second-order valence-electron chi connectivity index (χ2n) is 4.31. The van der Waals surface area contributed by atoms with Crippen molar-refractivity contribution in [2.24, 2.45) is 5.73 Å². The molecule has 0 saturated carbocycles. The van der Waals surface area contributed by atoms with Crippen molar-refractivity contribution in [3.63, 3.8) is 0 Å². The Morgan fingerprint density at radius 2 is 1.95 bits per heavy atom. The van der Waals surface area contributed by atoms with E-state index in [1.54, 1.807) is 24.3 Å². The van der Waals surface area contributed by atoms with Crippen LogP contribution in [0.25, 0.3) is 0 Å². The molecule has 0 fully saturated rings. The number of nitrogens with zero attached hydrogens (tertiary/aromatic N) is 1. The molecule has 22 heavy (non-hydrogen) atoms. The van der Waals surface area contributed by atoms with Crippen LogP contribution in [0.3, 0.4) is 0 Å². The van der Waals surface area contributed by atoms with Gasteiger partial charge in [-0.2, -0.15) is 0 Å². The number of ether oxygens (including phenoxy) is 1. The van der Waals surface area contributed by atoms with Crippen LogP contribution < -0.4 is 15.8 Å². The third-order valence-electron chi connectivity index (χ3n) is 2.63. The lowest BCUT2D eigenvalue weighted by Gasteiger charge is -2.06. The van der Waals surface area contributed by atoms with Gasteiger partial charge in [-0.3, -0.25) is 19.7 Å². The van der Waals surface area contributed by atoms with E-state index >= 15 is 0 Å². The largest absolute Gasteiger partial charge is 0.484 e. The molecule has 0 saturated heterocycles. The zero-order chi connectivity index (χ0) is 16.1. The summed E-state index contributed by atoms with van der Waals surface area (Å²) >= 11 is 0.986. The molecule has 0 unspecified atom stereocenters. The summed E-state index contributed by atoms with van der Waals surface area (Å²) in [6, 6.07) is 6.46. The van der Waals surface area contributed by atoms with Gasteiger partial charge in [0, 0.05) is 5.56 Å². The molecule has 114 valence electrons. The van der Waals surface area contributed by atoms with E-state index in [4.69, 9.17) is 10.5 Å². The van der Waals surface area contributed by atoms with E-state index in [1.807, 2.05) is 0 Å². The molecule has 3 N–H and O–H groups in total. The number of carbonyl (C=O) groups is 3. The summed E-state index contributed by atoms with van der Waals surface area (Å²) in [6.45, 7) is 1.25. The van der Waals surface area contributed by atoms with E-state index < -0.39 is 11.8 Å². The number of nitrogens with one attached hydrogen (secondary N) is 1. The van der Waals surface area contributed by atoms with Crippen molar-refractivity contribution in [3.05, 3.63) is 40.9 Å². The fourth-order valence-electron chi connectivity index (χ4n) is 1.54. The van der Waals surface area contributed by atoms with Gasteiger partial charge in [0.2, 0.25) is 0 Å². The van der Waals surface area contributed by atoms with Crippen LogP contribution >= 0.6 is 11.3 Å². The molecule has 2 rings (SSSR count). The Labute approximate surface area is 130 Å². The van der Waals surface area contributed by atoms with Crippen LogP contribution in [-0.2, 0) is 4.79 Å². The molecule has 0 atom stereocenters. The van der Waals surface area contributed by atoms with Gasteiger partial charge >= 0.3 is 0 Å². The van der Waals surface area contributed by atoms with Crippen LogP contribution in [0.4, 0.5) is 5.13 Å². The minimum Gasteiger partial charge on any atom is -0.484 e. The zero-order valence-corrected chi connectivity index (χ0v) is 12.5. The highest BCUT2D eigenvalue weighted by molar-refractivity contribution is 7.17. The number of thiazole rings is 1. The molecule has 2 aromatic rings. The van der Waals surface area contributed by atoms with Gasteiger partial charge in [-0.25, -0.2) is 4.98 Å². The van der Waals surface area contributed by atoms with Crippen molar-refractivity contribution in [3.8, 4) is 5.75 Å². The van der Waals surface area contributed by atoms with E-state index in [-0.39, 0.29) is 22.4 Å². The Hall–Kier alpha value is -2.74. The standard InChI is InChI=1S/C14H13N3O4S/c1-8(18)9-2-4-10(5-3-9)21-7-12(19)17-14-16-6-11(22-14)13(15)20/h2-6H,7H2,1H3,(H2,15,20)(H,16,17,19). The molecule has 2 amide bonds. The molecule has 0 aliphatic rings. The van der Waals surface area contributed by atoms with Gasteiger partial charge in [0.05, 0.1) is 6.20 Å². The monoisotopic (exact) mass is 319 g/mol. The maximum atomic E-state index is 11.7. The number of rotatable bonds is 6. The number of ketones is 1. The van der Waals surface area contributed by atoms with Crippen molar-refractivity contribution in [1.82, 2.24) is 4.98 Å². The van der Waals surface area contributed by atoms with Crippen molar-refractivity contribution in [2.45, 2.75) is 6.92 Å². The molecule has 1 aromatic carbocycles. The van der Waals surface area contributed by atoms with E-state index in [9.17, 15) is 14.4 Å². The van der Waals surface area contributed by atoms with Gasteiger partial charge in [0.25, 0.3) is 11.8 Å². The van der Waals surface area contributed by atoms with Gasteiger partial charge in [-0.1, -0.05) is 11.3 Å². The number of Topliss-reactive ketones (excluding diaryl/α,β-unsaturated/α-hetero) is 1. The highest BCUT2D eigenvalue weighted by Gasteiger charge is 2.10. The van der Waals surface area contributed by atoms with E-state index in [0.717, 1.165) is 11.3 Å². The predicted molar refractivity (Wildman–Crippen MR) is 81.2 cm³/mol. The first-order chi connectivity index (χ1) is 10.5. The Morgan fingerprint density at radius 1 is 1.27 bits per heavy atom. The van der Waals surface area contributed by atoms with Gasteiger partial charge in [-0.15, -0.1) is 0 Å². The van der Waals surface area contributed by atoms with E-state index in [2.05, 4.69) is 10.3 Å². The van der Waals surface area contributed by atoms with Gasteiger partial charge in [-0.05, 0) is 31.2 Å². The van der Waals surface area contributed by atoms with E-state index in [1.165, 1.54) is 13.1 Å². The fraction of sp³-hybridized carbons (Fsp3) is 0.143. The predicted octanol–water partition coefficient (Wildman–Crippen LogP) is 1.46.